The normalized spacial score (nSPS) is 19.9. The smallest absolute Gasteiger partial charge is 0.460 e. The number of nitrogens with zero attached hydrogens (tertiary/aromatic N) is 2. The van der Waals surface area contributed by atoms with Crippen molar-refractivity contribution in [3.8, 4) is 11.1 Å². The number of hydrogen-bond donors (Lipinski definition) is 0. The average Bonchev–Trinajstić information content (AvgIpc) is 3.95. The molecule has 2 heterocycles. The van der Waals surface area contributed by atoms with E-state index < -0.39 is 58.3 Å². The van der Waals surface area contributed by atoms with Crippen LogP contribution in [0.15, 0.2) is 77.8 Å². The van der Waals surface area contributed by atoms with E-state index in [2.05, 4.69) is 30.8 Å². The first-order valence-electron chi connectivity index (χ1n) is 20.3. The third-order valence-electron chi connectivity index (χ3n) is 10.9. The summed E-state index contributed by atoms with van der Waals surface area (Å²) in [5.74, 6) is -0.958. The molecule has 6 atom stereocenters. The van der Waals surface area contributed by atoms with E-state index in [1.807, 2.05) is 58.9 Å². The third-order valence-corrected chi connectivity index (χ3v) is 12.5. The summed E-state index contributed by atoms with van der Waals surface area (Å²) in [6, 6.07) is 15.2. The number of aliphatic imine (C=N–C) groups is 1. The number of likely N-dealkylation sites (tertiary alicyclic amines) is 1. The highest BCUT2D eigenvalue weighted by atomic mass is 35.6. The van der Waals surface area contributed by atoms with Gasteiger partial charge in [-0.1, -0.05) is 131 Å². The molecule has 0 spiro atoms. The van der Waals surface area contributed by atoms with Crippen molar-refractivity contribution >= 4 is 75.8 Å². The number of carbonyl (C=O) groups is 4. The molecule has 3 aliphatic rings. The minimum absolute atomic E-state index is 0.104. The van der Waals surface area contributed by atoms with E-state index in [1.165, 1.54) is 22.7 Å². The summed E-state index contributed by atoms with van der Waals surface area (Å²) in [7, 11) is 0. The Balaban J connectivity index is 1.24. The van der Waals surface area contributed by atoms with E-state index in [0.717, 1.165) is 27.3 Å². The molecular formula is C45H55Cl3N2O9S. The second-order valence-corrected chi connectivity index (χ2v) is 20.3. The Bertz CT molecular complexity index is 1900. The van der Waals surface area contributed by atoms with E-state index in [1.54, 1.807) is 13.0 Å². The largest absolute Gasteiger partial charge is 0.508 e. The second-order valence-electron chi connectivity index (χ2n) is 16.7. The van der Waals surface area contributed by atoms with Gasteiger partial charge in [-0.2, -0.15) is 0 Å². The zero-order valence-electron chi connectivity index (χ0n) is 35.0. The zero-order chi connectivity index (χ0) is 43.8. The Kier molecular flexibility index (Phi) is 16.5. The molecule has 2 aliphatic heterocycles. The fraction of sp³-hybridized carbons (Fsp3) is 0.533. The van der Waals surface area contributed by atoms with Crippen LogP contribution in [0.25, 0.3) is 11.1 Å². The zero-order valence-corrected chi connectivity index (χ0v) is 38.1. The maximum Gasteiger partial charge on any atom is 0.508 e. The van der Waals surface area contributed by atoms with Crippen LogP contribution in [0.3, 0.4) is 0 Å². The lowest BCUT2D eigenvalue weighted by molar-refractivity contribution is -0.161. The van der Waals surface area contributed by atoms with Crippen molar-refractivity contribution in [2.24, 2.45) is 22.2 Å². The van der Waals surface area contributed by atoms with Crippen molar-refractivity contribution in [2.45, 2.75) is 101 Å². The van der Waals surface area contributed by atoms with Crippen LogP contribution in [-0.2, 0) is 33.3 Å². The van der Waals surface area contributed by atoms with Crippen molar-refractivity contribution in [1.82, 2.24) is 4.90 Å². The standard InChI is InChI=1S/C45H55Cl3N2O9S/c1-8-20-55-40(51)28(3)23-30-25-60-39(49-30)29(4)37(58-43(54)57-26-45(46,47)48)21-27(2)22-38(44(5,6)7)59-41(52)36-18-13-19-50(36)42(53)56-24-35-33-16-11-9-14-31(33)32-15-10-12-17-34(32)35/h8-12,14-17,23,27,29-30,35-38H,1,13,18-22,24-26H2,2-7H3/b28-23+/t27-,29-,30-,36-,37-,38-/m0/s1. The molecule has 0 radical (unpaired) electrons. The number of thioether (sulfide) groups is 1. The Labute approximate surface area is 372 Å². The summed E-state index contributed by atoms with van der Waals surface area (Å²) in [5, 5.41) is 0.739. The predicted octanol–water partition coefficient (Wildman–Crippen LogP) is 10.5. The highest BCUT2D eigenvalue weighted by Gasteiger charge is 2.41. The quantitative estimate of drug-likeness (QED) is 0.0528. The summed E-state index contributed by atoms with van der Waals surface area (Å²) in [5.41, 5.74) is 4.44. The molecule has 15 heteroatoms. The lowest BCUT2D eigenvalue weighted by atomic mass is 9.81. The fourth-order valence-electron chi connectivity index (χ4n) is 7.72. The molecule has 2 aromatic carbocycles. The van der Waals surface area contributed by atoms with Crippen LogP contribution < -0.4 is 0 Å². The number of benzene rings is 2. The molecule has 2 aromatic rings. The van der Waals surface area contributed by atoms with Gasteiger partial charge in [-0.15, -0.1) is 11.8 Å². The van der Waals surface area contributed by atoms with Gasteiger partial charge in [-0.3, -0.25) is 9.89 Å². The maximum atomic E-state index is 13.9. The van der Waals surface area contributed by atoms with E-state index in [-0.39, 0.29) is 37.0 Å². The molecule has 326 valence electrons. The molecule has 0 saturated carbocycles. The number of fused-ring (bicyclic) bond motifs is 3. The van der Waals surface area contributed by atoms with Crippen LogP contribution in [0.1, 0.15) is 84.3 Å². The van der Waals surface area contributed by atoms with Crippen LogP contribution in [0, 0.1) is 17.3 Å². The van der Waals surface area contributed by atoms with E-state index in [9.17, 15) is 19.2 Å². The number of rotatable bonds is 16. The van der Waals surface area contributed by atoms with Gasteiger partial charge in [0.2, 0.25) is 3.79 Å². The number of hydrogen-bond acceptors (Lipinski definition) is 11. The van der Waals surface area contributed by atoms with Gasteiger partial charge >= 0.3 is 24.2 Å². The SMILES string of the molecule is C=CCOC(=O)/C(C)=C/[C@H]1CSC([C@@H](C)[C@H](C[C@H](C)C[C@H](OC(=O)[C@@H]2CCCN2C(=O)OCC2c3ccccc3-c3ccccc32)C(C)(C)C)OC(=O)OCC(Cl)(Cl)Cl)=N1. The van der Waals surface area contributed by atoms with Gasteiger partial charge in [0.25, 0.3) is 0 Å². The molecule has 60 heavy (non-hydrogen) atoms. The van der Waals surface area contributed by atoms with Crippen LogP contribution in [0.5, 0.6) is 0 Å². The summed E-state index contributed by atoms with van der Waals surface area (Å²) in [4.78, 5) is 59.1. The van der Waals surface area contributed by atoms with Gasteiger partial charge in [0.1, 0.15) is 38.1 Å². The van der Waals surface area contributed by atoms with Gasteiger partial charge in [0.05, 0.1) is 11.1 Å². The summed E-state index contributed by atoms with van der Waals surface area (Å²) in [6.07, 6.45) is 2.35. The molecule has 5 rings (SSSR count). The number of amides is 1. The Hall–Kier alpha value is -3.71. The van der Waals surface area contributed by atoms with Gasteiger partial charge < -0.3 is 23.7 Å². The molecule has 1 saturated heterocycles. The first-order valence-corrected chi connectivity index (χ1v) is 22.4. The molecular weight excluding hydrogens is 851 g/mol. The summed E-state index contributed by atoms with van der Waals surface area (Å²) in [6.45, 7) is 15.3. The molecule has 0 aromatic heterocycles. The van der Waals surface area contributed by atoms with Crippen molar-refractivity contribution < 1.29 is 42.9 Å². The van der Waals surface area contributed by atoms with E-state index >= 15 is 0 Å². The molecule has 1 amide bonds. The molecule has 0 unspecified atom stereocenters. The minimum Gasteiger partial charge on any atom is -0.460 e. The fourth-order valence-corrected chi connectivity index (χ4v) is 9.02. The van der Waals surface area contributed by atoms with Crippen molar-refractivity contribution in [3.63, 3.8) is 0 Å². The average molecular weight is 906 g/mol. The van der Waals surface area contributed by atoms with Gasteiger partial charge in [-0.05, 0) is 72.3 Å². The van der Waals surface area contributed by atoms with Crippen LogP contribution in [-0.4, -0.2) is 94.3 Å². The lowest BCUT2D eigenvalue weighted by Crippen LogP contribution is -2.45. The molecule has 11 nitrogen and oxygen atoms in total. The number of ether oxygens (including phenoxy) is 5. The Morgan fingerprint density at radius 1 is 0.950 bits per heavy atom. The maximum absolute atomic E-state index is 13.9. The van der Waals surface area contributed by atoms with Crippen LogP contribution in [0.4, 0.5) is 9.59 Å². The van der Waals surface area contributed by atoms with Gasteiger partial charge in [0, 0.05) is 29.7 Å². The van der Waals surface area contributed by atoms with Crippen LogP contribution in [0.2, 0.25) is 0 Å². The first kappa shape index (κ1) is 47.3. The second kappa shape index (κ2) is 20.9. The van der Waals surface area contributed by atoms with Gasteiger partial charge in [0.15, 0.2) is 0 Å². The number of esters is 2. The Morgan fingerprint density at radius 2 is 1.60 bits per heavy atom. The van der Waals surface area contributed by atoms with Crippen LogP contribution >= 0.6 is 46.6 Å². The highest BCUT2D eigenvalue weighted by Crippen LogP contribution is 2.45. The van der Waals surface area contributed by atoms with Gasteiger partial charge in [-0.25, -0.2) is 19.2 Å². The van der Waals surface area contributed by atoms with E-state index in [4.69, 9.17) is 63.5 Å². The molecule has 0 bridgehead atoms. The third kappa shape index (κ3) is 12.7. The van der Waals surface area contributed by atoms with Crippen molar-refractivity contribution in [3.05, 3.63) is 84.0 Å². The summed E-state index contributed by atoms with van der Waals surface area (Å²) < 4.78 is 26.5. The molecule has 1 fully saturated rings. The highest BCUT2D eigenvalue weighted by molar-refractivity contribution is 8.14. The van der Waals surface area contributed by atoms with E-state index in [0.29, 0.717) is 43.6 Å². The number of halogens is 3. The number of alkyl halides is 3. The van der Waals surface area contributed by atoms with Crippen molar-refractivity contribution in [1.29, 1.82) is 0 Å². The Morgan fingerprint density at radius 3 is 2.22 bits per heavy atom. The number of carbonyl (C=O) groups excluding carboxylic acids is 4. The predicted molar refractivity (Wildman–Crippen MR) is 237 cm³/mol. The first-order chi connectivity index (χ1) is 28.4. The van der Waals surface area contributed by atoms with Crippen molar-refractivity contribution in [2.75, 3.05) is 32.1 Å². The molecule has 0 N–H and O–H groups in total. The molecule has 1 aliphatic carbocycles. The lowest BCUT2D eigenvalue weighted by Gasteiger charge is -2.35. The topological polar surface area (TPSA) is 130 Å². The monoisotopic (exact) mass is 904 g/mol. The minimum atomic E-state index is -1.83. The summed E-state index contributed by atoms with van der Waals surface area (Å²) >= 11 is 19.0.